The number of para-hydroxylation sites is 1. The fourth-order valence-electron chi connectivity index (χ4n) is 4.53. The maximum atomic E-state index is 13.4. The van der Waals surface area contributed by atoms with Gasteiger partial charge in [0.05, 0.1) is 15.3 Å². The van der Waals surface area contributed by atoms with Crippen molar-refractivity contribution in [3.8, 4) is 11.5 Å². The molecule has 1 aromatic heterocycles. The Morgan fingerprint density at radius 3 is 2.86 bits per heavy atom. The zero-order valence-electron chi connectivity index (χ0n) is 19.4. The Morgan fingerprint density at radius 2 is 1.97 bits per heavy atom. The van der Waals surface area contributed by atoms with Gasteiger partial charge < -0.3 is 24.3 Å². The van der Waals surface area contributed by atoms with Crippen LogP contribution in [-0.2, 0) is 16.0 Å². The Labute approximate surface area is 172 Å². The molecule has 3 aromatic rings. The molecule has 7 nitrogen and oxygen atoms in total. The van der Waals surface area contributed by atoms with E-state index in [4.69, 9.17) is 15.0 Å². The molecule has 146 valence electrons. The first kappa shape index (κ1) is 12.9. The quantitative estimate of drug-likeness (QED) is 0.688. The highest BCUT2D eigenvalue weighted by Gasteiger charge is 2.47. The lowest BCUT2D eigenvalue weighted by Gasteiger charge is -2.46. The van der Waals surface area contributed by atoms with Crippen LogP contribution < -0.4 is 9.47 Å². The summed E-state index contributed by atoms with van der Waals surface area (Å²) in [5.41, 5.74) is 2.98. The van der Waals surface area contributed by atoms with Gasteiger partial charge in [0, 0.05) is 30.1 Å². The monoisotopic (exact) mass is 393 g/mol. The topological polar surface area (TPSA) is 74.9 Å². The highest BCUT2D eigenvalue weighted by molar-refractivity contribution is 5.97. The molecule has 2 atom stereocenters. The van der Waals surface area contributed by atoms with E-state index in [0.717, 1.165) is 21.4 Å². The summed E-state index contributed by atoms with van der Waals surface area (Å²) in [6.45, 7) is -4.80. The maximum Gasteiger partial charge on any atom is 0.245 e. The lowest BCUT2D eigenvalue weighted by molar-refractivity contribution is -0.157. The van der Waals surface area contributed by atoms with Gasteiger partial charge in [0.25, 0.3) is 0 Å². The molecule has 0 bridgehead atoms. The van der Waals surface area contributed by atoms with Gasteiger partial charge in [-0.1, -0.05) is 24.3 Å². The molecule has 1 unspecified atom stereocenters. The summed E-state index contributed by atoms with van der Waals surface area (Å²) in [6.07, 6.45) is 0.258. The zero-order chi connectivity index (χ0) is 23.3. The van der Waals surface area contributed by atoms with Gasteiger partial charge in [-0.2, -0.15) is 0 Å². The van der Waals surface area contributed by atoms with Gasteiger partial charge >= 0.3 is 0 Å². The normalized spacial score (nSPS) is 28.3. The highest BCUT2D eigenvalue weighted by atomic mass is 16.7. The second-order valence-corrected chi connectivity index (χ2v) is 7.40. The van der Waals surface area contributed by atoms with Crippen LogP contribution in [0.3, 0.4) is 0 Å². The molecule has 0 spiro atoms. The van der Waals surface area contributed by atoms with Crippen LogP contribution in [0, 0.1) is 0 Å². The predicted octanol–water partition coefficient (Wildman–Crippen LogP) is 2.21. The number of carbonyl (C=O) groups excluding carboxylic acids is 2. The van der Waals surface area contributed by atoms with E-state index >= 15 is 0 Å². The van der Waals surface area contributed by atoms with E-state index in [0.29, 0.717) is 11.3 Å². The summed E-state index contributed by atoms with van der Waals surface area (Å²) in [5, 5.41) is 0.936. The number of likely N-dealkylation sites (N-methyl/N-ethyl adjacent to an activating group) is 1. The summed E-state index contributed by atoms with van der Waals surface area (Å²) < 4.78 is 42.4. The van der Waals surface area contributed by atoms with E-state index in [1.807, 2.05) is 24.3 Å². The first-order chi connectivity index (χ1) is 15.6. The van der Waals surface area contributed by atoms with Crippen molar-refractivity contribution in [3.05, 3.63) is 59.3 Å². The number of hydrogen-bond donors (Lipinski definition) is 1. The molecule has 4 heterocycles. The summed E-state index contributed by atoms with van der Waals surface area (Å²) in [7, 11) is 1.31. The molecule has 3 aliphatic heterocycles. The van der Waals surface area contributed by atoms with E-state index in [9.17, 15) is 9.59 Å². The molecule has 0 radical (unpaired) electrons. The van der Waals surface area contributed by atoms with Crippen molar-refractivity contribution >= 4 is 22.7 Å². The number of H-pyrrole nitrogens is 1. The van der Waals surface area contributed by atoms with Gasteiger partial charge in [-0.15, -0.1) is 0 Å². The molecule has 2 aromatic carbocycles. The Kier molecular flexibility index (Phi) is 2.56. The molecule has 7 heteroatoms. The van der Waals surface area contributed by atoms with Crippen molar-refractivity contribution in [2.45, 2.75) is 18.5 Å². The second kappa shape index (κ2) is 5.76. The number of carbonyl (C=O) groups is 2. The van der Waals surface area contributed by atoms with Crippen molar-refractivity contribution in [2.24, 2.45) is 0 Å². The van der Waals surface area contributed by atoms with Gasteiger partial charge in [-0.25, -0.2) is 0 Å². The number of ether oxygens (including phenoxy) is 2. The van der Waals surface area contributed by atoms with Crippen LogP contribution >= 0.6 is 0 Å². The summed E-state index contributed by atoms with van der Waals surface area (Å²) >= 11 is 0. The fourth-order valence-corrected chi connectivity index (χ4v) is 4.53. The SMILES string of the molecule is [2H]C1([2H])Oc2ccc(C3c4[nH]c5ccccc5c4C[C@@H]4C(=O)N(C)C([2H])([2H])C(=O)N34)cc2O1. The molecule has 3 aliphatic rings. The standard InChI is InChI=1S/C22H19N3O4/c1-24-10-19(26)25-16(22(24)27)9-14-13-4-2-3-5-15(13)23-20(14)21(25)12-6-7-17-18(8-12)29-11-28-17/h2-8,16,21,23H,9-11H2,1H3/t16-,21?/m1/s1/i10D2,11D2. The molecule has 1 fully saturated rings. The molecular formula is C22H19N3O4. The largest absolute Gasteiger partial charge is 0.454 e. The molecule has 6 rings (SSSR count). The third-order valence-corrected chi connectivity index (χ3v) is 5.83. The first-order valence-electron chi connectivity index (χ1n) is 11.3. The predicted molar refractivity (Wildman–Crippen MR) is 105 cm³/mol. The maximum absolute atomic E-state index is 13.4. The summed E-state index contributed by atoms with van der Waals surface area (Å²) in [6, 6.07) is 10.8. The number of hydrogen-bond acceptors (Lipinski definition) is 4. The third-order valence-electron chi connectivity index (χ3n) is 5.83. The molecule has 2 amide bonds. The average molecular weight is 393 g/mol. The average Bonchev–Trinajstić information content (AvgIpc) is 3.30. The molecule has 29 heavy (non-hydrogen) atoms. The van der Waals surface area contributed by atoms with Gasteiger partial charge in [0.2, 0.25) is 18.6 Å². The minimum Gasteiger partial charge on any atom is -0.454 e. The van der Waals surface area contributed by atoms with Gasteiger partial charge in [-0.3, -0.25) is 9.59 Å². The van der Waals surface area contributed by atoms with Gasteiger partial charge in [-0.05, 0) is 29.3 Å². The van der Waals surface area contributed by atoms with E-state index < -0.39 is 37.1 Å². The van der Waals surface area contributed by atoms with Crippen molar-refractivity contribution in [3.63, 3.8) is 0 Å². The number of piperazine rings is 1. The number of nitrogens with one attached hydrogen (secondary N) is 1. The molecule has 1 N–H and O–H groups in total. The highest BCUT2D eigenvalue weighted by Crippen LogP contribution is 2.44. The number of aromatic nitrogens is 1. The van der Waals surface area contributed by atoms with Gasteiger partial charge in [0.1, 0.15) is 8.78 Å². The minimum atomic E-state index is -2.50. The van der Waals surface area contributed by atoms with Crippen molar-refractivity contribution in [1.29, 1.82) is 0 Å². The Morgan fingerprint density at radius 1 is 1.14 bits per heavy atom. The molecule has 0 saturated carbocycles. The van der Waals surface area contributed by atoms with Crippen LogP contribution in [-0.4, -0.2) is 52.9 Å². The van der Waals surface area contributed by atoms with Crippen LogP contribution in [0.1, 0.15) is 28.3 Å². The number of aromatic amines is 1. The molecular weight excluding hydrogens is 370 g/mol. The van der Waals surface area contributed by atoms with Crippen molar-refractivity contribution < 1.29 is 24.5 Å². The zero-order valence-corrected chi connectivity index (χ0v) is 15.4. The summed E-state index contributed by atoms with van der Waals surface area (Å²) in [5.74, 6) is -0.883. The smallest absolute Gasteiger partial charge is 0.245 e. The molecule has 1 saturated heterocycles. The number of amides is 2. The third kappa shape index (κ3) is 2.24. The van der Waals surface area contributed by atoms with E-state index in [1.165, 1.54) is 11.9 Å². The number of fused-ring (bicyclic) bond motifs is 5. The van der Waals surface area contributed by atoms with Crippen molar-refractivity contribution in [1.82, 2.24) is 14.8 Å². The second-order valence-electron chi connectivity index (χ2n) is 7.40. The van der Waals surface area contributed by atoms with Crippen LogP contribution in [0.5, 0.6) is 11.5 Å². The van der Waals surface area contributed by atoms with E-state index in [1.54, 1.807) is 18.2 Å². The Hall–Kier alpha value is -3.48. The van der Waals surface area contributed by atoms with E-state index in [2.05, 4.69) is 4.98 Å². The van der Waals surface area contributed by atoms with Crippen LogP contribution in [0.4, 0.5) is 0 Å². The summed E-state index contributed by atoms with van der Waals surface area (Å²) in [4.78, 5) is 32.2. The Balaban J connectivity index is 1.58. The van der Waals surface area contributed by atoms with Gasteiger partial charge in [0.15, 0.2) is 11.5 Å². The van der Waals surface area contributed by atoms with Crippen LogP contribution in [0.2, 0.25) is 0 Å². The lowest BCUT2D eigenvalue weighted by atomic mass is 9.86. The number of rotatable bonds is 1. The van der Waals surface area contributed by atoms with Crippen LogP contribution in [0.15, 0.2) is 42.5 Å². The fraction of sp³-hybridized carbons (Fsp3) is 0.273. The lowest BCUT2D eigenvalue weighted by Crippen LogP contribution is -2.62. The number of nitrogens with zero attached hydrogens (tertiary/aromatic N) is 2. The first-order valence-corrected chi connectivity index (χ1v) is 9.30. The minimum absolute atomic E-state index is 0.174. The number of benzene rings is 2. The van der Waals surface area contributed by atoms with E-state index in [-0.39, 0.29) is 17.9 Å². The van der Waals surface area contributed by atoms with Crippen molar-refractivity contribution in [2.75, 3.05) is 20.3 Å². The Bertz CT molecular complexity index is 1350. The molecule has 0 aliphatic carbocycles. The van der Waals surface area contributed by atoms with Crippen LogP contribution in [0.25, 0.3) is 10.9 Å².